The minimum atomic E-state index is -0.946. The van der Waals surface area contributed by atoms with Crippen molar-refractivity contribution in [3.05, 3.63) is 45.9 Å². The molecule has 7 heteroatoms. The molecule has 2 aromatic rings. The van der Waals surface area contributed by atoms with Gasteiger partial charge in [0.25, 0.3) is 5.91 Å². The first-order valence-electron chi connectivity index (χ1n) is 7.54. The number of aromatic nitrogens is 1. The van der Waals surface area contributed by atoms with E-state index in [0.717, 1.165) is 10.7 Å². The molecule has 128 valence electrons. The lowest BCUT2D eigenvalue weighted by atomic mass is 10.0. The number of benzene rings is 1. The predicted octanol–water partition coefficient (Wildman–Crippen LogP) is 2.87. The molecule has 0 saturated heterocycles. The molecule has 24 heavy (non-hydrogen) atoms. The fourth-order valence-electron chi connectivity index (χ4n) is 1.99. The first kappa shape index (κ1) is 17.9. The van der Waals surface area contributed by atoms with Gasteiger partial charge in [-0.15, -0.1) is 11.3 Å². The Bertz CT molecular complexity index is 729. The number of aryl methyl sites for hydroxylation is 1. The van der Waals surface area contributed by atoms with Crippen molar-refractivity contribution in [3.8, 4) is 5.75 Å². The minimum Gasteiger partial charge on any atom is -0.487 e. The molecule has 1 aromatic carbocycles. The van der Waals surface area contributed by atoms with Crippen LogP contribution >= 0.6 is 11.3 Å². The maximum atomic E-state index is 12.2. The lowest BCUT2D eigenvalue weighted by molar-refractivity contribution is -0.141. The average Bonchev–Trinajstić information content (AvgIpc) is 2.97. The lowest BCUT2D eigenvalue weighted by Gasteiger charge is -2.18. The topological polar surface area (TPSA) is 88.5 Å². The number of nitrogens with one attached hydrogen (secondary N) is 1. The van der Waals surface area contributed by atoms with Crippen LogP contribution in [-0.2, 0) is 11.4 Å². The van der Waals surface area contributed by atoms with Crippen molar-refractivity contribution in [1.29, 1.82) is 0 Å². The standard InChI is InChI=1S/C17H20N2O4S/c1-10(17(21)22)11(2)18-16(20)13-5-4-6-15(7-13)23-8-14-9-24-12(3)19-14/h4-7,9-11H,8H2,1-3H3,(H,18,20)(H,21,22). The lowest BCUT2D eigenvalue weighted by Crippen LogP contribution is -2.40. The third kappa shape index (κ3) is 4.79. The van der Waals surface area contributed by atoms with Gasteiger partial charge in [-0.25, -0.2) is 4.98 Å². The van der Waals surface area contributed by atoms with E-state index in [2.05, 4.69) is 10.3 Å². The highest BCUT2D eigenvalue weighted by molar-refractivity contribution is 7.09. The Kier molecular flexibility index (Phi) is 5.92. The summed E-state index contributed by atoms with van der Waals surface area (Å²) >= 11 is 1.56. The van der Waals surface area contributed by atoms with E-state index in [-0.39, 0.29) is 5.91 Å². The molecule has 0 fully saturated rings. The average molecular weight is 348 g/mol. The van der Waals surface area contributed by atoms with Gasteiger partial charge in [-0.1, -0.05) is 6.07 Å². The molecule has 1 amide bonds. The third-order valence-electron chi connectivity index (χ3n) is 3.65. The molecule has 2 unspecified atom stereocenters. The molecule has 0 radical (unpaired) electrons. The molecule has 0 spiro atoms. The van der Waals surface area contributed by atoms with Crippen molar-refractivity contribution in [2.45, 2.75) is 33.4 Å². The van der Waals surface area contributed by atoms with Gasteiger partial charge in [0.15, 0.2) is 0 Å². The molecule has 1 heterocycles. The van der Waals surface area contributed by atoms with Gasteiger partial charge in [-0.05, 0) is 39.0 Å². The number of carboxylic acids is 1. The van der Waals surface area contributed by atoms with Crippen molar-refractivity contribution in [3.63, 3.8) is 0 Å². The number of thiazole rings is 1. The van der Waals surface area contributed by atoms with Crippen LogP contribution in [0.4, 0.5) is 0 Å². The molecule has 2 N–H and O–H groups in total. The Hall–Kier alpha value is -2.41. The van der Waals surface area contributed by atoms with E-state index in [1.165, 1.54) is 0 Å². The van der Waals surface area contributed by atoms with Crippen LogP contribution < -0.4 is 10.1 Å². The first-order chi connectivity index (χ1) is 11.4. The molecule has 1 aromatic heterocycles. The fraction of sp³-hybridized carbons (Fsp3) is 0.353. The van der Waals surface area contributed by atoms with Crippen LogP contribution in [0.2, 0.25) is 0 Å². The van der Waals surface area contributed by atoms with Crippen LogP contribution in [0.25, 0.3) is 0 Å². The zero-order valence-electron chi connectivity index (χ0n) is 13.8. The van der Waals surface area contributed by atoms with E-state index in [0.29, 0.717) is 17.9 Å². The number of carbonyl (C=O) groups excluding carboxylic acids is 1. The van der Waals surface area contributed by atoms with Crippen LogP contribution in [0.15, 0.2) is 29.6 Å². The number of hydrogen-bond donors (Lipinski definition) is 2. The van der Waals surface area contributed by atoms with Gasteiger partial charge in [0, 0.05) is 17.0 Å². The second kappa shape index (κ2) is 7.92. The van der Waals surface area contributed by atoms with E-state index >= 15 is 0 Å². The number of nitrogens with zero attached hydrogens (tertiary/aromatic N) is 1. The van der Waals surface area contributed by atoms with Crippen LogP contribution in [0, 0.1) is 12.8 Å². The van der Waals surface area contributed by atoms with Crippen LogP contribution in [0.5, 0.6) is 5.75 Å². The highest BCUT2D eigenvalue weighted by Crippen LogP contribution is 2.17. The van der Waals surface area contributed by atoms with Crippen LogP contribution in [0.1, 0.15) is 34.9 Å². The van der Waals surface area contributed by atoms with Crippen molar-refractivity contribution >= 4 is 23.2 Å². The van der Waals surface area contributed by atoms with E-state index in [1.807, 2.05) is 12.3 Å². The number of aliphatic carboxylic acids is 1. The van der Waals surface area contributed by atoms with Gasteiger partial charge in [0.05, 0.1) is 16.6 Å². The maximum absolute atomic E-state index is 12.2. The molecule has 6 nitrogen and oxygen atoms in total. The number of rotatable bonds is 7. The van der Waals surface area contributed by atoms with E-state index in [9.17, 15) is 9.59 Å². The normalized spacial score (nSPS) is 13.1. The zero-order chi connectivity index (χ0) is 17.7. The Balaban J connectivity index is 1.98. The Morgan fingerprint density at radius 3 is 2.75 bits per heavy atom. The summed E-state index contributed by atoms with van der Waals surface area (Å²) in [5.74, 6) is -1.38. The summed E-state index contributed by atoms with van der Waals surface area (Å²) < 4.78 is 5.66. The number of carbonyl (C=O) groups is 2. The zero-order valence-corrected chi connectivity index (χ0v) is 14.6. The van der Waals surface area contributed by atoms with Crippen LogP contribution in [0.3, 0.4) is 0 Å². The van der Waals surface area contributed by atoms with Crippen molar-refractivity contribution < 1.29 is 19.4 Å². The SMILES string of the molecule is Cc1nc(COc2cccc(C(=O)NC(C)C(C)C(=O)O)c2)cs1. The van der Waals surface area contributed by atoms with Gasteiger partial charge in [0.1, 0.15) is 12.4 Å². The predicted molar refractivity (Wildman–Crippen MR) is 91.4 cm³/mol. The highest BCUT2D eigenvalue weighted by Gasteiger charge is 2.21. The summed E-state index contributed by atoms with van der Waals surface area (Å²) in [6.07, 6.45) is 0. The summed E-state index contributed by atoms with van der Waals surface area (Å²) in [4.78, 5) is 27.5. The summed E-state index contributed by atoms with van der Waals surface area (Å²) in [7, 11) is 0. The van der Waals surface area contributed by atoms with E-state index in [1.54, 1.807) is 49.4 Å². The van der Waals surface area contributed by atoms with Crippen molar-refractivity contribution in [2.24, 2.45) is 5.92 Å². The largest absolute Gasteiger partial charge is 0.487 e. The summed E-state index contributed by atoms with van der Waals surface area (Å²) in [5.41, 5.74) is 1.27. The first-order valence-corrected chi connectivity index (χ1v) is 8.42. The molecular weight excluding hydrogens is 328 g/mol. The summed E-state index contributed by atoms with van der Waals surface area (Å²) in [6, 6.07) is 6.30. The van der Waals surface area contributed by atoms with E-state index < -0.39 is 17.9 Å². The second-order valence-corrected chi connectivity index (χ2v) is 6.63. The number of amides is 1. The van der Waals surface area contributed by atoms with Crippen LogP contribution in [-0.4, -0.2) is 28.0 Å². The number of ether oxygens (including phenoxy) is 1. The molecule has 2 atom stereocenters. The smallest absolute Gasteiger partial charge is 0.308 e. The van der Waals surface area contributed by atoms with Gasteiger partial charge in [0.2, 0.25) is 0 Å². The van der Waals surface area contributed by atoms with Crippen molar-refractivity contribution in [1.82, 2.24) is 10.3 Å². The molecule has 0 aliphatic heterocycles. The van der Waals surface area contributed by atoms with Gasteiger partial charge in [-0.3, -0.25) is 9.59 Å². The maximum Gasteiger partial charge on any atom is 0.308 e. The second-order valence-electron chi connectivity index (χ2n) is 5.56. The molecule has 0 saturated carbocycles. The van der Waals surface area contributed by atoms with Gasteiger partial charge < -0.3 is 15.2 Å². The quantitative estimate of drug-likeness (QED) is 0.803. The monoisotopic (exact) mass is 348 g/mol. The Labute approximate surface area is 144 Å². The minimum absolute atomic E-state index is 0.328. The molecule has 2 rings (SSSR count). The molecule has 0 bridgehead atoms. The summed E-state index contributed by atoms with van der Waals surface area (Å²) in [6.45, 7) is 5.49. The van der Waals surface area contributed by atoms with Crippen molar-refractivity contribution in [2.75, 3.05) is 0 Å². The molecule has 0 aliphatic carbocycles. The molecular formula is C17H20N2O4S. The third-order valence-corrected chi connectivity index (χ3v) is 4.47. The number of carboxylic acid groups (broad SMARTS) is 1. The summed E-state index contributed by atoms with van der Waals surface area (Å²) in [5, 5.41) is 14.6. The Morgan fingerprint density at radius 1 is 1.38 bits per heavy atom. The fourth-order valence-corrected chi connectivity index (χ4v) is 2.59. The molecule has 0 aliphatic rings. The van der Waals surface area contributed by atoms with E-state index in [4.69, 9.17) is 9.84 Å². The van der Waals surface area contributed by atoms with Gasteiger partial charge in [-0.2, -0.15) is 0 Å². The highest BCUT2D eigenvalue weighted by atomic mass is 32.1. The van der Waals surface area contributed by atoms with Gasteiger partial charge >= 0.3 is 5.97 Å². The Morgan fingerprint density at radius 2 is 2.12 bits per heavy atom. The number of hydrogen-bond acceptors (Lipinski definition) is 5.